The van der Waals surface area contributed by atoms with Crippen LogP contribution in [0.15, 0.2) is 30.3 Å². The molecule has 1 aliphatic carbocycles. The molecule has 0 radical (unpaired) electrons. The van der Waals surface area contributed by atoms with Crippen LogP contribution in [0.4, 0.5) is 5.00 Å². The van der Waals surface area contributed by atoms with Crippen molar-refractivity contribution >= 4 is 40.6 Å². The van der Waals surface area contributed by atoms with E-state index in [1.165, 1.54) is 16.9 Å². The molecule has 5 nitrogen and oxygen atoms in total. The number of anilines is 1. The highest BCUT2D eigenvalue weighted by Gasteiger charge is 2.32. The van der Waals surface area contributed by atoms with Crippen LogP contribution in [0, 0.1) is 5.92 Å². The molecule has 2 heterocycles. The molecule has 1 fully saturated rings. The molecule has 1 saturated carbocycles. The topological polar surface area (TPSA) is 75.4 Å². The van der Waals surface area contributed by atoms with E-state index >= 15 is 0 Å². The Labute approximate surface area is 163 Å². The average Bonchev–Trinajstić information content (AvgIpc) is 3.37. The molecule has 2 aliphatic rings. The van der Waals surface area contributed by atoms with E-state index in [-0.39, 0.29) is 24.2 Å². The summed E-state index contributed by atoms with van der Waals surface area (Å²) >= 11 is 1.50. The van der Waals surface area contributed by atoms with E-state index in [0.29, 0.717) is 10.6 Å². The van der Waals surface area contributed by atoms with Crippen LogP contribution in [0.1, 0.15) is 39.2 Å². The van der Waals surface area contributed by atoms with Gasteiger partial charge < -0.3 is 11.1 Å². The molecule has 0 spiro atoms. The number of carbonyl (C=O) groups is 2. The number of primary amides is 1. The molecule has 0 saturated heterocycles. The molecule has 138 valence electrons. The first-order valence-electron chi connectivity index (χ1n) is 8.63. The summed E-state index contributed by atoms with van der Waals surface area (Å²) in [5.74, 6) is -0.322. The summed E-state index contributed by atoms with van der Waals surface area (Å²) in [4.78, 5) is 27.6. The van der Waals surface area contributed by atoms with Crippen LogP contribution in [-0.2, 0) is 24.3 Å². The second-order valence-electron chi connectivity index (χ2n) is 6.78. The zero-order valence-corrected chi connectivity index (χ0v) is 16.0. The van der Waals surface area contributed by atoms with Crippen LogP contribution in [-0.4, -0.2) is 23.3 Å². The van der Waals surface area contributed by atoms with E-state index in [4.69, 9.17) is 5.73 Å². The minimum Gasteiger partial charge on any atom is -0.365 e. The van der Waals surface area contributed by atoms with Gasteiger partial charge in [0, 0.05) is 30.4 Å². The Morgan fingerprint density at radius 3 is 2.62 bits per heavy atom. The average molecular weight is 392 g/mol. The number of nitrogens with two attached hydrogens (primary N) is 1. The standard InChI is InChI=1S/C19H21N3O2S.ClH/c20-17(23)16-14-8-9-22(10-12-4-2-1-3-5-12)11-15(14)25-19(16)21-18(24)13-6-7-13;/h1-5,13H,6-11H2,(H2,20,23)(H,21,24);1H. The van der Waals surface area contributed by atoms with Crippen LogP contribution in [0.3, 0.4) is 0 Å². The molecule has 26 heavy (non-hydrogen) atoms. The van der Waals surface area contributed by atoms with E-state index in [1.54, 1.807) is 0 Å². The van der Waals surface area contributed by atoms with Crippen molar-refractivity contribution in [2.75, 3.05) is 11.9 Å². The Morgan fingerprint density at radius 1 is 1.23 bits per heavy atom. The molecule has 3 N–H and O–H groups in total. The molecule has 2 aromatic rings. The van der Waals surface area contributed by atoms with Gasteiger partial charge in [0.05, 0.1) is 5.56 Å². The van der Waals surface area contributed by atoms with Gasteiger partial charge in [-0.1, -0.05) is 30.3 Å². The Morgan fingerprint density at radius 2 is 1.96 bits per heavy atom. The van der Waals surface area contributed by atoms with Gasteiger partial charge >= 0.3 is 0 Å². The molecule has 7 heteroatoms. The van der Waals surface area contributed by atoms with Gasteiger partial charge in [0.15, 0.2) is 0 Å². The number of rotatable bonds is 5. The molecular weight excluding hydrogens is 370 g/mol. The van der Waals surface area contributed by atoms with Crippen molar-refractivity contribution < 1.29 is 9.59 Å². The minimum atomic E-state index is -0.444. The smallest absolute Gasteiger partial charge is 0.251 e. The molecule has 1 aliphatic heterocycles. The van der Waals surface area contributed by atoms with Crippen molar-refractivity contribution in [3.05, 3.63) is 51.9 Å². The summed E-state index contributed by atoms with van der Waals surface area (Å²) < 4.78 is 0. The molecule has 0 bridgehead atoms. The number of fused-ring (bicyclic) bond motifs is 1. The third-order valence-corrected chi connectivity index (χ3v) is 5.95. The fourth-order valence-corrected chi connectivity index (χ4v) is 4.64. The van der Waals surface area contributed by atoms with Crippen LogP contribution in [0.5, 0.6) is 0 Å². The van der Waals surface area contributed by atoms with Gasteiger partial charge in [-0.15, -0.1) is 23.7 Å². The highest BCUT2D eigenvalue weighted by atomic mass is 35.5. The zero-order chi connectivity index (χ0) is 17.4. The van der Waals surface area contributed by atoms with Crippen molar-refractivity contribution in [1.29, 1.82) is 0 Å². The number of carbonyl (C=O) groups excluding carboxylic acids is 2. The SMILES string of the molecule is Cl.NC(=O)c1c(NC(=O)C2CC2)sc2c1CCN(Cc1ccccc1)C2. The molecule has 1 aromatic heterocycles. The maximum atomic E-state index is 12.1. The second-order valence-corrected chi connectivity index (χ2v) is 7.89. The van der Waals surface area contributed by atoms with Gasteiger partial charge in [-0.25, -0.2) is 0 Å². The number of nitrogens with one attached hydrogen (secondary N) is 1. The van der Waals surface area contributed by atoms with Crippen molar-refractivity contribution in [3.63, 3.8) is 0 Å². The summed E-state index contributed by atoms with van der Waals surface area (Å²) in [6.07, 6.45) is 2.66. The lowest BCUT2D eigenvalue weighted by molar-refractivity contribution is -0.117. The summed E-state index contributed by atoms with van der Waals surface area (Å²) in [5.41, 5.74) is 8.43. The minimum absolute atomic E-state index is 0. The van der Waals surface area contributed by atoms with E-state index in [2.05, 4.69) is 22.3 Å². The first-order chi connectivity index (χ1) is 12.1. The highest BCUT2D eigenvalue weighted by molar-refractivity contribution is 7.17. The van der Waals surface area contributed by atoms with Gasteiger partial charge in [0.1, 0.15) is 5.00 Å². The molecular formula is C19H22ClN3O2S. The van der Waals surface area contributed by atoms with E-state index in [9.17, 15) is 9.59 Å². The summed E-state index contributed by atoms with van der Waals surface area (Å²) in [5, 5.41) is 3.57. The number of amides is 2. The molecule has 0 unspecified atom stereocenters. The van der Waals surface area contributed by atoms with Crippen LogP contribution in [0.2, 0.25) is 0 Å². The van der Waals surface area contributed by atoms with Crippen molar-refractivity contribution in [1.82, 2.24) is 4.90 Å². The fourth-order valence-electron chi connectivity index (χ4n) is 3.34. The van der Waals surface area contributed by atoms with E-state index in [0.717, 1.165) is 49.3 Å². The lowest BCUT2D eigenvalue weighted by Crippen LogP contribution is -2.30. The zero-order valence-electron chi connectivity index (χ0n) is 14.4. The predicted octanol–water partition coefficient (Wildman–Crippen LogP) is 3.18. The predicted molar refractivity (Wildman–Crippen MR) is 106 cm³/mol. The van der Waals surface area contributed by atoms with Gasteiger partial charge in [-0.3, -0.25) is 14.5 Å². The van der Waals surface area contributed by atoms with Crippen LogP contribution >= 0.6 is 23.7 Å². The van der Waals surface area contributed by atoms with Crippen molar-refractivity contribution in [2.24, 2.45) is 11.7 Å². The Balaban J connectivity index is 0.00000196. The number of nitrogens with zero attached hydrogens (tertiary/aromatic N) is 1. The monoisotopic (exact) mass is 391 g/mol. The second kappa shape index (κ2) is 7.78. The Hall–Kier alpha value is -1.89. The summed E-state index contributed by atoms with van der Waals surface area (Å²) in [6.45, 7) is 2.55. The quantitative estimate of drug-likeness (QED) is 0.821. The third-order valence-electron chi connectivity index (χ3n) is 4.82. The number of hydrogen-bond donors (Lipinski definition) is 2. The first kappa shape index (κ1) is 18.9. The fraction of sp³-hybridized carbons (Fsp3) is 0.368. The maximum Gasteiger partial charge on any atom is 0.251 e. The lowest BCUT2D eigenvalue weighted by atomic mass is 10.0. The van der Waals surface area contributed by atoms with Gasteiger partial charge in [-0.2, -0.15) is 0 Å². The van der Waals surface area contributed by atoms with Crippen molar-refractivity contribution in [2.45, 2.75) is 32.4 Å². The number of hydrogen-bond acceptors (Lipinski definition) is 4. The number of thiophene rings is 1. The molecule has 2 amide bonds. The molecule has 4 rings (SSSR count). The summed E-state index contributed by atoms with van der Waals surface area (Å²) in [6, 6.07) is 10.4. The maximum absolute atomic E-state index is 12.1. The van der Waals surface area contributed by atoms with Gasteiger partial charge in [0.25, 0.3) is 5.91 Å². The third kappa shape index (κ3) is 3.92. The Bertz CT molecular complexity index is 818. The highest BCUT2D eigenvalue weighted by Crippen LogP contribution is 2.39. The van der Waals surface area contributed by atoms with Crippen molar-refractivity contribution in [3.8, 4) is 0 Å². The van der Waals surface area contributed by atoms with Gasteiger partial charge in [-0.05, 0) is 30.4 Å². The normalized spacial score (nSPS) is 16.5. The van der Waals surface area contributed by atoms with Crippen LogP contribution in [0.25, 0.3) is 0 Å². The number of halogens is 1. The molecule has 0 atom stereocenters. The van der Waals surface area contributed by atoms with Crippen LogP contribution < -0.4 is 11.1 Å². The largest absolute Gasteiger partial charge is 0.365 e. The van der Waals surface area contributed by atoms with E-state index < -0.39 is 5.91 Å². The lowest BCUT2D eigenvalue weighted by Gasteiger charge is -2.27. The van der Waals surface area contributed by atoms with E-state index in [1.807, 2.05) is 18.2 Å². The van der Waals surface area contributed by atoms with Gasteiger partial charge in [0.2, 0.25) is 5.91 Å². The Kier molecular flexibility index (Phi) is 5.65. The first-order valence-corrected chi connectivity index (χ1v) is 9.45. The molecule has 1 aromatic carbocycles. The summed E-state index contributed by atoms with van der Waals surface area (Å²) in [7, 11) is 0. The number of benzene rings is 1.